The fourth-order valence-electron chi connectivity index (χ4n) is 6.50. The predicted octanol–water partition coefficient (Wildman–Crippen LogP) is -0.347. The smallest absolute Gasteiger partial charge is 0.303 e. The summed E-state index contributed by atoms with van der Waals surface area (Å²) in [5.41, 5.74) is 12.5. The quantitative estimate of drug-likeness (QED) is 0.0696. The van der Waals surface area contributed by atoms with E-state index in [0.29, 0.717) is 11.1 Å². The topological polar surface area (TPSA) is 292 Å². The summed E-state index contributed by atoms with van der Waals surface area (Å²) >= 11 is 0. The summed E-state index contributed by atoms with van der Waals surface area (Å²) in [6.45, 7) is -0.724. The van der Waals surface area contributed by atoms with E-state index in [1.807, 2.05) is 0 Å². The van der Waals surface area contributed by atoms with Gasteiger partial charge >= 0.3 is 5.97 Å². The Morgan fingerprint density at radius 3 is 1.80 bits per heavy atom. The number of benzene rings is 2. The molecule has 3 unspecified atom stereocenters. The largest absolute Gasteiger partial charge is 0.508 e. The Kier molecular flexibility index (Phi) is 18.7. The molecular weight excluding hydrogens is 726 g/mol. The molecular formula is C39H55N7O10. The number of rotatable bonds is 23. The second-order valence-electron chi connectivity index (χ2n) is 14.1. The second kappa shape index (κ2) is 23.4. The summed E-state index contributed by atoms with van der Waals surface area (Å²) in [5.74, 6) is -5.71. The zero-order valence-electron chi connectivity index (χ0n) is 31.4. The lowest BCUT2D eigenvalue weighted by molar-refractivity contribution is -0.139. The van der Waals surface area contributed by atoms with Gasteiger partial charge in [0.05, 0.1) is 13.0 Å². The molecule has 0 aromatic heterocycles. The van der Waals surface area contributed by atoms with Crippen LogP contribution in [0.5, 0.6) is 5.75 Å². The van der Waals surface area contributed by atoms with Crippen molar-refractivity contribution in [1.29, 1.82) is 0 Å². The van der Waals surface area contributed by atoms with E-state index in [-0.39, 0.29) is 56.7 Å². The van der Waals surface area contributed by atoms with E-state index < -0.39 is 84.6 Å². The molecule has 0 spiro atoms. The summed E-state index contributed by atoms with van der Waals surface area (Å²) in [7, 11) is 0. The number of aromatic hydroxyl groups is 1. The lowest BCUT2D eigenvalue weighted by atomic mass is 9.84. The minimum absolute atomic E-state index is 0.00369. The van der Waals surface area contributed by atoms with Gasteiger partial charge in [0.1, 0.15) is 36.0 Å². The van der Waals surface area contributed by atoms with Crippen LogP contribution in [-0.2, 0) is 46.4 Å². The summed E-state index contributed by atoms with van der Waals surface area (Å²) in [6.07, 6.45) is 4.51. The Morgan fingerprint density at radius 2 is 1.20 bits per heavy atom. The van der Waals surface area contributed by atoms with Gasteiger partial charge in [0.15, 0.2) is 0 Å². The molecule has 5 atom stereocenters. The Balaban J connectivity index is 1.77. The molecule has 56 heavy (non-hydrogen) atoms. The van der Waals surface area contributed by atoms with Gasteiger partial charge in [-0.25, -0.2) is 0 Å². The van der Waals surface area contributed by atoms with E-state index in [9.17, 15) is 43.8 Å². The van der Waals surface area contributed by atoms with Crippen LogP contribution in [0.2, 0.25) is 0 Å². The highest BCUT2D eigenvalue weighted by Crippen LogP contribution is 2.27. The summed E-state index contributed by atoms with van der Waals surface area (Å²) in [5, 5.41) is 41.7. The van der Waals surface area contributed by atoms with Crippen molar-refractivity contribution in [2.75, 3.05) is 13.2 Å². The number of carbonyl (C=O) groups is 7. The fraction of sp³-hybridized carbons (Fsp3) is 0.513. The van der Waals surface area contributed by atoms with Gasteiger partial charge in [-0.15, -0.1) is 0 Å². The first-order valence-corrected chi connectivity index (χ1v) is 18.9. The molecule has 6 amide bonds. The van der Waals surface area contributed by atoms with E-state index in [1.54, 1.807) is 42.5 Å². The minimum atomic E-state index is -1.58. The number of hydrogen-bond donors (Lipinski definition) is 10. The van der Waals surface area contributed by atoms with Crippen LogP contribution in [-0.4, -0.2) is 100 Å². The highest BCUT2D eigenvalue weighted by atomic mass is 16.4. The van der Waals surface area contributed by atoms with Crippen molar-refractivity contribution >= 4 is 41.4 Å². The predicted molar refractivity (Wildman–Crippen MR) is 204 cm³/mol. The number of nitrogens with two attached hydrogens (primary N) is 2. The molecule has 306 valence electrons. The van der Waals surface area contributed by atoms with Gasteiger partial charge in [0.2, 0.25) is 35.4 Å². The van der Waals surface area contributed by atoms with Gasteiger partial charge < -0.3 is 53.4 Å². The average molecular weight is 782 g/mol. The highest BCUT2D eigenvalue weighted by molar-refractivity contribution is 5.96. The van der Waals surface area contributed by atoms with Crippen molar-refractivity contribution in [3.63, 3.8) is 0 Å². The molecule has 0 saturated heterocycles. The first-order chi connectivity index (χ1) is 26.8. The molecule has 2 aromatic carbocycles. The Morgan fingerprint density at radius 1 is 0.661 bits per heavy atom. The molecule has 0 heterocycles. The average Bonchev–Trinajstić information content (AvgIpc) is 3.18. The monoisotopic (exact) mass is 781 g/mol. The van der Waals surface area contributed by atoms with E-state index in [0.717, 1.165) is 32.1 Å². The van der Waals surface area contributed by atoms with Crippen molar-refractivity contribution in [3.05, 3.63) is 65.7 Å². The molecule has 0 bridgehead atoms. The van der Waals surface area contributed by atoms with Crippen molar-refractivity contribution in [2.45, 2.75) is 107 Å². The summed E-state index contributed by atoms with van der Waals surface area (Å²) < 4.78 is 0. The molecule has 1 saturated carbocycles. The Bertz CT molecular complexity index is 1620. The number of phenolic OH excluding ortho intramolecular Hbond substituents is 1. The van der Waals surface area contributed by atoms with Crippen LogP contribution in [0.15, 0.2) is 54.6 Å². The zero-order valence-corrected chi connectivity index (χ0v) is 31.4. The van der Waals surface area contributed by atoms with Crippen LogP contribution in [0.25, 0.3) is 0 Å². The standard InChI is InChI=1S/C39H55N7O10/c40-19-7-12-28(36(53)44-29(35(41)52)20-26-13-15-27(48)16-14-26)43-39(56)32(23-47)46-38(55)31(22-25-10-5-2-6-11-25)45-37(54)30(21-24-8-3-1-4-9-24)42-33(49)17-18-34(50)51/h2,5-6,10-11,13-16,24,28-32,47-48H,1,3-4,7-9,12,17-23,40H2,(H2,41,52)(H,42,49)(H,43,56)(H,44,53)(H,45,54)(H,46,55)(H,50,51)/t28?,29-,30-,31?,32?/m0/s1. The molecule has 1 aliphatic carbocycles. The maximum absolute atomic E-state index is 13.8. The summed E-state index contributed by atoms with van der Waals surface area (Å²) in [6, 6.07) is 8.31. The maximum atomic E-state index is 13.8. The van der Waals surface area contributed by atoms with Crippen molar-refractivity contribution in [3.8, 4) is 5.75 Å². The van der Waals surface area contributed by atoms with Crippen LogP contribution in [0.1, 0.15) is 75.3 Å². The lowest BCUT2D eigenvalue weighted by Gasteiger charge is -2.29. The van der Waals surface area contributed by atoms with Crippen LogP contribution >= 0.6 is 0 Å². The normalized spacial score (nSPS) is 15.5. The maximum Gasteiger partial charge on any atom is 0.303 e. The van der Waals surface area contributed by atoms with Crippen molar-refractivity contribution in [2.24, 2.45) is 17.4 Å². The van der Waals surface area contributed by atoms with Gasteiger partial charge in [0, 0.05) is 19.3 Å². The number of phenols is 1. The van der Waals surface area contributed by atoms with Gasteiger partial charge in [-0.1, -0.05) is 74.6 Å². The number of hydrogen-bond acceptors (Lipinski definition) is 10. The number of primary amides is 1. The number of amides is 6. The number of nitrogens with one attached hydrogen (secondary N) is 5. The Labute approximate surface area is 325 Å². The molecule has 17 heteroatoms. The van der Waals surface area contributed by atoms with Gasteiger partial charge in [-0.2, -0.15) is 0 Å². The third-order valence-corrected chi connectivity index (χ3v) is 9.61. The second-order valence-corrected chi connectivity index (χ2v) is 14.1. The van der Waals surface area contributed by atoms with Crippen molar-refractivity contribution in [1.82, 2.24) is 26.6 Å². The van der Waals surface area contributed by atoms with Crippen LogP contribution in [0.3, 0.4) is 0 Å². The van der Waals surface area contributed by atoms with Crippen LogP contribution in [0.4, 0.5) is 0 Å². The first kappa shape index (κ1) is 44.8. The molecule has 17 nitrogen and oxygen atoms in total. The Hall–Kier alpha value is -5.55. The molecule has 1 fully saturated rings. The number of aliphatic hydroxyl groups excluding tert-OH is 1. The van der Waals surface area contributed by atoms with Crippen LogP contribution in [0, 0.1) is 5.92 Å². The number of carboxylic acid groups (broad SMARTS) is 1. The van der Waals surface area contributed by atoms with E-state index >= 15 is 0 Å². The number of aliphatic hydroxyl groups is 1. The molecule has 2 aromatic rings. The van der Waals surface area contributed by atoms with E-state index in [4.69, 9.17) is 16.6 Å². The zero-order chi connectivity index (χ0) is 41.0. The first-order valence-electron chi connectivity index (χ1n) is 18.9. The third kappa shape index (κ3) is 15.7. The van der Waals surface area contributed by atoms with Gasteiger partial charge in [-0.3, -0.25) is 33.6 Å². The number of aliphatic carboxylic acids is 1. The van der Waals surface area contributed by atoms with Gasteiger partial charge in [0.25, 0.3) is 0 Å². The number of carbonyl (C=O) groups excluding carboxylic acids is 6. The fourth-order valence-corrected chi connectivity index (χ4v) is 6.50. The molecule has 12 N–H and O–H groups in total. The van der Waals surface area contributed by atoms with E-state index in [2.05, 4.69) is 26.6 Å². The third-order valence-electron chi connectivity index (χ3n) is 9.61. The lowest BCUT2D eigenvalue weighted by Crippen LogP contribution is -2.60. The van der Waals surface area contributed by atoms with Gasteiger partial charge in [-0.05, 0) is 55.0 Å². The van der Waals surface area contributed by atoms with Crippen molar-refractivity contribution < 1.29 is 48.9 Å². The molecule has 3 rings (SSSR count). The minimum Gasteiger partial charge on any atom is -0.508 e. The molecule has 0 radical (unpaired) electrons. The number of carboxylic acids is 1. The molecule has 1 aliphatic rings. The van der Waals surface area contributed by atoms with E-state index in [1.165, 1.54) is 12.1 Å². The molecule has 0 aliphatic heterocycles. The summed E-state index contributed by atoms with van der Waals surface area (Å²) in [4.78, 5) is 90.6. The highest BCUT2D eigenvalue weighted by Gasteiger charge is 2.33. The SMILES string of the molecule is NCCCC(NC(=O)C(CO)NC(=O)C(Cc1ccccc1)NC(=O)[C@H](CC1CCCCC1)NC(=O)CCC(=O)O)C(=O)N[C@@H](Cc1ccc(O)cc1)C(N)=O. The van der Waals surface area contributed by atoms with Crippen LogP contribution < -0.4 is 38.1 Å².